The lowest BCUT2D eigenvalue weighted by Crippen LogP contribution is -2.50. The number of rotatable bonds is 7. The lowest BCUT2D eigenvalue weighted by atomic mass is 9.81. The molecule has 0 bridgehead atoms. The minimum Gasteiger partial charge on any atom is -0.504 e. The van der Waals surface area contributed by atoms with E-state index < -0.39 is 0 Å². The van der Waals surface area contributed by atoms with E-state index in [1.165, 1.54) is 6.07 Å². The van der Waals surface area contributed by atoms with Crippen molar-refractivity contribution in [2.45, 2.75) is 65.2 Å². The monoisotopic (exact) mass is 546 g/mol. The summed E-state index contributed by atoms with van der Waals surface area (Å²) in [7, 11) is 0. The van der Waals surface area contributed by atoms with Crippen molar-refractivity contribution in [2.24, 2.45) is 16.3 Å². The highest BCUT2D eigenvalue weighted by Gasteiger charge is 2.41. The molecule has 0 radical (unpaired) electrons. The van der Waals surface area contributed by atoms with Crippen molar-refractivity contribution in [1.82, 2.24) is 14.7 Å². The fourth-order valence-corrected chi connectivity index (χ4v) is 6.85. The number of piperazine rings is 1. The van der Waals surface area contributed by atoms with E-state index in [1.807, 2.05) is 11.1 Å². The molecule has 37 heavy (non-hydrogen) atoms. The van der Waals surface area contributed by atoms with Crippen molar-refractivity contribution in [2.75, 3.05) is 45.9 Å². The summed E-state index contributed by atoms with van der Waals surface area (Å²) in [4.78, 5) is 24.3. The SMILES string of the molecule is CC(C)CN1CCN(C(=S)SC(C)(C)C(C)(C)COc2cc3c(cc2O)C(=O)N2CCCC2C=N3)CC1. The zero-order chi connectivity index (χ0) is 27.0. The van der Waals surface area contributed by atoms with Gasteiger partial charge in [0.15, 0.2) is 11.5 Å². The van der Waals surface area contributed by atoms with Crippen LogP contribution in [0.2, 0.25) is 0 Å². The average Bonchev–Trinajstić information content (AvgIpc) is 3.25. The van der Waals surface area contributed by atoms with Crippen molar-refractivity contribution in [3.8, 4) is 11.5 Å². The van der Waals surface area contributed by atoms with Crippen molar-refractivity contribution in [3.63, 3.8) is 0 Å². The van der Waals surface area contributed by atoms with E-state index in [0.717, 1.165) is 56.4 Å². The largest absolute Gasteiger partial charge is 0.504 e. The van der Waals surface area contributed by atoms with Gasteiger partial charge in [0.05, 0.1) is 23.9 Å². The molecule has 1 atom stereocenters. The highest BCUT2D eigenvalue weighted by molar-refractivity contribution is 8.23. The number of phenols is 1. The zero-order valence-corrected chi connectivity index (χ0v) is 24.8. The molecule has 1 amide bonds. The van der Waals surface area contributed by atoms with Gasteiger partial charge in [-0.25, -0.2) is 0 Å². The molecule has 0 aliphatic carbocycles. The molecule has 9 heteroatoms. The topological polar surface area (TPSA) is 68.6 Å². The van der Waals surface area contributed by atoms with E-state index in [9.17, 15) is 9.90 Å². The molecule has 0 saturated carbocycles. The number of thioether (sulfide) groups is 1. The Bertz CT molecular complexity index is 1050. The summed E-state index contributed by atoms with van der Waals surface area (Å²) < 4.78 is 6.90. The van der Waals surface area contributed by atoms with Gasteiger partial charge in [0, 0.05) is 61.7 Å². The summed E-state index contributed by atoms with van der Waals surface area (Å²) in [6, 6.07) is 3.23. The molecule has 1 unspecified atom stereocenters. The third-order valence-corrected chi connectivity index (χ3v) is 10.1. The Morgan fingerprint density at radius 3 is 2.57 bits per heavy atom. The number of aliphatic imine (C=N–C) groups is 1. The van der Waals surface area contributed by atoms with Gasteiger partial charge in [-0.05, 0) is 38.7 Å². The lowest BCUT2D eigenvalue weighted by Gasteiger charge is -2.43. The van der Waals surface area contributed by atoms with Gasteiger partial charge in [0.1, 0.15) is 4.32 Å². The fraction of sp³-hybridized carbons (Fsp3) is 0.679. The molecule has 1 N–H and O–H groups in total. The van der Waals surface area contributed by atoms with E-state index in [2.05, 4.69) is 56.3 Å². The molecular weight excluding hydrogens is 504 g/mol. The number of hydrogen-bond acceptors (Lipinski definition) is 7. The lowest BCUT2D eigenvalue weighted by molar-refractivity contribution is 0.0774. The number of benzene rings is 1. The Hall–Kier alpha value is -1.84. The number of amides is 1. The normalized spacial score (nSPS) is 20.7. The molecular formula is C28H42N4O3S2. The summed E-state index contributed by atoms with van der Waals surface area (Å²) in [6.07, 6.45) is 3.76. The molecule has 3 heterocycles. The van der Waals surface area contributed by atoms with Crippen LogP contribution in [-0.4, -0.2) is 92.9 Å². The van der Waals surface area contributed by atoms with Gasteiger partial charge in [-0.2, -0.15) is 0 Å². The van der Waals surface area contributed by atoms with Gasteiger partial charge in [-0.3, -0.25) is 14.7 Å². The van der Waals surface area contributed by atoms with E-state index in [-0.39, 0.29) is 27.9 Å². The van der Waals surface area contributed by atoms with Gasteiger partial charge in [-0.15, -0.1) is 0 Å². The predicted molar refractivity (Wildman–Crippen MR) is 157 cm³/mol. The van der Waals surface area contributed by atoms with Crippen molar-refractivity contribution in [3.05, 3.63) is 17.7 Å². The maximum Gasteiger partial charge on any atom is 0.256 e. The van der Waals surface area contributed by atoms with Crippen LogP contribution < -0.4 is 4.74 Å². The molecule has 4 rings (SSSR count). The number of fused-ring (bicyclic) bond motifs is 2. The number of hydrogen-bond donors (Lipinski definition) is 1. The van der Waals surface area contributed by atoms with Gasteiger partial charge in [0.25, 0.3) is 5.91 Å². The van der Waals surface area contributed by atoms with Gasteiger partial charge in [0.2, 0.25) is 0 Å². The van der Waals surface area contributed by atoms with Crippen LogP contribution in [0, 0.1) is 11.3 Å². The standard InChI is InChI=1S/C28H42N4O3S2/c1-19(2)17-30-10-12-31(13-11-30)26(36)37-28(5,6)27(3,4)18-35-24-15-22-21(14-23(24)33)25(34)32-9-7-8-20(32)16-29-22/h14-16,19-20,33H,7-13,17-18H2,1-6H3. The first-order valence-corrected chi connectivity index (χ1v) is 14.7. The molecule has 2 fully saturated rings. The second kappa shape index (κ2) is 11.1. The Morgan fingerprint density at radius 1 is 1.19 bits per heavy atom. The predicted octanol–water partition coefficient (Wildman–Crippen LogP) is 5.19. The Balaban J connectivity index is 1.38. The third kappa shape index (κ3) is 6.25. The van der Waals surface area contributed by atoms with Gasteiger partial charge < -0.3 is 19.6 Å². The van der Waals surface area contributed by atoms with Crippen LogP contribution in [-0.2, 0) is 0 Å². The van der Waals surface area contributed by atoms with Crippen LogP contribution in [0.4, 0.5) is 5.69 Å². The average molecular weight is 547 g/mol. The van der Waals surface area contributed by atoms with Crippen molar-refractivity contribution >= 4 is 46.1 Å². The highest BCUT2D eigenvalue weighted by Crippen LogP contribution is 2.45. The number of phenolic OH excluding ortho intramolecular Hbond substituents is 1. The van der Waals surface area contributed by atoms with Gasteiger partial charge in [-0.1, -0.05) is 51.7 Å². The maximum absolute atomic E-state index is 13.0. The summed E-state index contributed by atoms with van der Waals surface area (Å²) in [6.45, 7) is 19.5. The van der Waals surface area contributed by atoms with Crippen LogP contribution >= 0.6 is 24.0 Å². The number of ether oxygens (including phenoxy) is 1. The first kappa shape index (κ1) is 28.2. The molecule has 1 aromatic carbocycles. The minimum atomic E-state index is -0.262. The van der Waals surface area contributed by atoms with E-state index in [0.29, 0.717) is 29.5 Å². The molecule has 3 aliphatic rings. The summed E-state index contributed by atoms with van der Waals surface area (Å²) in [5.74, 6) is 0.920. The maximum atomic E-state index is 13.0. The number of aromatic hydroxyl groups is 1. The molecule has 0 spiro atoms. The van der Waals surface area contributed by atoms with Crippen LogP contribution in [0.1, 0.15) is 64.7 Å². The second-order valence-electron chi connectivity index (χ2n) is 12.1. The summed E-state index contributed by atoms with van der Waals surface area (Å²) >= 11 is 7.61. The van der Waals surface area contributed by atoms with Crippen LogP contribution in [0.15, 0.2) is 17.1 Å². The number of thiocarbonyl (C=S) groups is 1. The molecule has 7 nitrogen and oxygen atoms in total. The van der Waals surface area contributed by atoms with Crippen LogP contribution in [0.25, 0.3) is 0 Å². The van der Waals surface area contributed by atoms with Crippen molar-refractivity contribution in [1.29, 1.82) is 0 Å². The first-order valence-electron chi connectivity index (χ1n) is 13.4. The van der Waals surface area contributed by atoms with E-state index >= 15 is 0 Å². The fourth-order valence-electron chi connectivity index (χ4n) is 4.95. The third-order valence-electron chi connectivity index (χ3n) is 8.07. The molecule has 204 valence electrons. The Morgan fingerprint density at radius 2 is 1.89 bits per heavy atom. The Kier molecular flexibility index (Phi) is 8.46. The quantitative estimate of drug-likeness (QED) is 0.472. The number of carbonyl (C=O) groups excluding carboxylic acids is 1. The van der Waals surface area contributed by atoms with Crippen LogP contribution in [0.5, 0.6) is 11.5 Å². The molecule has 3 aliphatic heterocycles. The van der Waals surface area contributed by atoms with Crippen molar-refractivity contribution < 1.29 is 14.6 Å². The number of carbonyl (C=O) groups is 1. The van der Waals surface area contributed by atoms with E-state index in [4.69, 9.17) is 17.0 Å². The summed E-state index contributed by atoms with van der Waals surface area (Å²) in [5, 5.41) is 10.7. The smallest absolute Gasteiger partial charge is 0.256 e. The van der Waals surface area contributed by atoms with Gasteiger partial charge >= 0.3 is 0 Å². The minimum absolute atomic E-state index is 0.0315. The van der Waals surface area contributed by atoms with Crippen LogP contribution in [0.3, 0.4) is 0 Å². The first-order chi connectivity index (χ1) is 17.4. The summed E-state index contributed by atoms with van der Waals surface area (Å²) in [5.41, 5.74) is 0.721. The number of nitrogens with zero attached hydrogens (tertiary/aromatic N) is 4. The highest BCUT2D eigenvalue weighted by atomic mass is 32.2. The Labute approximate surface area is 231 Å². The zero-order valence-electron chi connectivity index (χ0n) is 23.1. The molecule has 2 saturated heterocycles. The molecule has 0 aromatic heterocycles. The molecule has 1 aromatic rings. The second-order valence-corrected chi connectivity index (χ2v) is 14.3. The van der Waals surface area contributed by atoms with E-state index in [1.54, 1.807) is 17.8 Å².